The average Bonchev–Trinajstić information content (AvgIpc) is 2.98. The summed E-state index contributed by atoms with van der Waals surface area (Å²) in [7, 11) is 0. The molecule has 0 saturated carbocycles. The van der Waals surface area contributed by atoms with Gasteiger partial charge in [0.15, 0.2) is 0 Å². The zero-order valence-electron chi connectivity index (χ0n) is 16.2. The number of nitrogens with two attached hydrogens (primary N) is 1. The van der Waals surface area contributed by atoms with E-state index in [2.05, 4.69) is 6.07 Å². The highest BCUT2D eigenvalue weighted by Gasteiger charge is 2.34. The van der Waals surface area contributed by atoms with Gasteiger partial charge in [-0.15, -0.1) is 0 Å². The number of carbonyl (C=O) groups is 1. The maximum absolute atomic E-state index is 13.7. The van der Waals surface area contributed by atoms with Crippen molar-refractivity contribution in [3.05, 3.63) is 59.7 Å². The molecule has 1 aliphatic rings. The largest absolute Gasteiger partial charge is 0.417 e. The van der Waals surface area contributed by atoms with Crippen LogP contribution in [0.3, 0.4) is 0 Å². The van der Waals surface area contributed by atoms with Gasteiger partial charge in [0.05, 0.1) is 11.6 Å². The number of rotatable bonds is 5. The van der Waals surface area contributed by atoms with Crippen LogP contribution in [-0.4, -0.2) is 42.6 Å². The van der Waals surface area contributed by atoms with E-state index in [1.165, 1.54) is 6.07 Å². The molecular formula is C22H22F3N3O2. The third kappa shape index (κ3) is 5.17. The highest BCUT2D eigenvalue weighted by molar-refractivity contribution is 5.79. The predicted molar refractivity (Wildman–Crippen MR) is 105 cm³/mol. The number of amides is 1. The number of hydrogen-bond donors (Lipinski definition) is 1. The molecule has 1 heterocycles. The van der Waals surface area contributed by atoms with E-state index in [-0.39, 0.29) is 18.5 Å². The van der Waals surface area contributed by atoms with Crippen molar-refractivity contribution in [3.63, 3.8) is 0 Å². The SMILES string of the molecule is N#C[C@H](Cc1ccc(-c2ccccc2)c(C(F)(F)F)c1)N1CCCO[C@H](C(N)=O)C1. The van der Waals surface area contributed by atoms with Crippen LogP contribution in [-0.2, 0) is 22.1 Å². The van der Waals surface area contributed by atoms with E-state index in [0.717, 1.165) is 6.07 Å². The zero-order valence-corrected chi connectivity index (χ0v) is 16.2. The zero-order chi connectivity index (χ0) is 21.7. The van der Waals surface area contributed by atoms with Gasteiger partial charge in [-0.3, -0.25) is 9.69 Å². The van der Waals surface area contributed by atoms with Crippen molar-refractivity contribution in [2.45, 2.75) is 31.2 Å². The van der Waals surface area contributed by atoms with E-state index >= 15 is 0 Å². The molecule has 0 spiro atoms. The number of hydrogen-bond acceptors (Lipinski definition) is 4. The molecule has 30 heavy (non-hydrogen) atoms. The lowest BCUT2D eigenvalue weighted by Gasteiger charge is -2.27. The van der Waals surface area contributed by atoms with Gasteiger partial charge >= 0.3 is 6.18 Å². The van der Waals surface area contributed by atoms with Crippen LogP contribution in [0.1, 0.15) is 17.5 Å². The minimum absolute atomic E-state index is 0.0947. The summed E-state index contributed by atoms with van der Waals surface area (Å²) in [5.41, 5.74) is 5.56. The van der Waals surface area contributed by atoms with Gasteiger partial charge in [-0.25, -0.2) is 0 Å². The molecule has 5 nitrogen and oxygen atoms in total. The smallest absolute Gasteiger partial charge is 0.367 e. The van der Waals surface area contributed by atoms with E-state index in [4.69, 9.17) is 10.5 Å². The highest BCUT2D eigenvalue weighted by Crippen LogP contribution is 2.38. The van der Waals surface area contributed by atoms with E-state index in [0.29, 0.717) is 30.7 Å². The molecule has 2 aromatic rings. The van der Waals surface area contributed by atoms with Gasteiger partial charge in [0.1, 0.15) is 12.1 Å². The molecule has 1 fully saturated rings. The van der Waals surface area contributed by atoms with Gasteiger partial charge in [0, 0.05) is 26.1 Å². The Morgan fingerprint density at radius 1 is 1.27 bits per heavy atom. The quantitative estimate of drug-likeness (QED) is 0.809. The van der Waals surface area contributed by atoms with Crippen LogP contribution in [0.5, 0.6) is 0 Å². The summed E-state index contributed by atoms with van der Waals surface area (Å²) in [6.07, 6.45) is -4.67. The third-order valence-corrected chi connectivity index (χ3v) is 5.12. The molecule has 3 rings (SSSR count). The van der Waals surface area contributed by atoms with Crippen molar-refractivity contribution in [3.8, 4) is 17.2 Å². The molecule has 2 N–H and O–H groups in total. The number of alkyl halides is 3. The lowest BCUT2D eigenvalue weighted by atomic mass is 9.94. The summed E-state index contributed by atoms with van der Waals surface area (Å²) >= 11 is 0. The van der Waals surface area contributed by atoms with Gasteiger partial charge in [0.25, 0.3) is 0 Å². The van der Waals surface area contributed by atoms with Crippen LogP contribution < -0.4 is 5.73 Å². The summed E-state index contributed by atoms with van der Waals surface area (Å²) in [6.45, 7) is 0.976. The Bertz CT molecular complexity index is 925. The normalized spacial score (nSPS) is 18.9. The van der Waals surface area contributed by atoms with E-state index < -0.39 is 29.8 Å². The molecule has 0 bridgehead atoms. The van der Waals surface area contributed by atoms with Crippen molar-refractivity contribution in [2.75, 3.05) is 19.7 Å². The van der Waals surface area contributed by atoms with Gasteiger partial charge < -0.3 is 10.5 Å². The van der Waals surface area contributed by atoms with Gasteiger partial charge in [-0.2, -0.15) is 18.4 Å². The number of benzene rings is 2. The minimum Gasteiger partial charge on any atom is -0.367 e. The fourth-order valence-corrected chi connectivity index (χ4v) is 3.61. The van der Waals surface area contributed by atoms with Gasteiger partial charge in [0.2, 0.25) is 5.91 Å². The second-order valence-electron chi connectivity index (χ2n) is 7.20. The summed E-state index contributed by atoms with van der Waals surface area (Å²) in [6, 6.07) is 14.0. The molecule has 0 aliphatic carbocycles. The fraction of sp³-hybridized carbons (Fsp3) is 0.364. The van der Waals surface area contributed by atoms with Crippen LogP contribution in [0.4, 0.5) is 13.2 Å². The van der Waals surface area contributed by atoms with Crippen LogP contribution in [0.25, 0.3) is 11.1 Å². The standard InChI is InChI=1S/C22H22F3N3O2/c23-22(24,25)19-12-15(7-8-18(19)16-5-2-1-3-6-16)11-17(13-26)28-9-4-10-30-20(14-28)21(27)29/h1-3,5-8,12,17,20H,4,9-11,14H2,(H2,27,29)/t17-,20-/m0/s1. The summed E-state index contributed by atoms with van der Waals surface area (Å²) in [5.74, 6) is -0.620. The van der Waals surface area contributed by atoms with Gasteiger partial charge in [-0.05, 0) is 29.2 Å². The van der Waals surface area contributed by atoms with Crippen molar-refractivity contribution in [2.24, 2.45) is 5.73 Å². The van der Waals surface area contributed by atoms with Crippen LogP contribution in [0.15, 0.2) is 48.5 Å². The maximum Gasteiger partial charge on any atom is 0.417 e. The molecule has 8 heteroatoms. The van der Waals surface area contributed by atoms with E-state index in [1.807, 2.05) is 0 Å². The lowest BCUT2D eigenvalue weighted by molar-refractivity contribution is -0.137. The van der Waals surface area contributed by atoms with Gasteiger partial charge in [-0.1, -0.05) is 42.5 Å². The Balaban J connectivity index is 1.88. The van der Waals surface area contributed by atoms with E-state index in [9.17, 15) is 23.2 Å². The Morgan fingerprint density at radius 3 is 2.63 bits per heavy atom. The second kappa shape index (κ2) is 9.28. The molecule has 2 atom stereocenters. The number of nitriles is 1. The number of ether oxygens (including phenoxy) is 1. The number of nitrogens with zero attached hydrogens (tertiary/aromatic N) is 2. The monoisotopic (exact) mass is 417 g/mol. The average molecular weight is 417 g/mol. The molecule has 0 unspecified atom stereocenters. The molecule has 1 aliphatic heterocycles. The summed E-state index contributed by atoms with van der Waals surface area (Å²) in [4.78, 5) is 13.3. The first-order valence-corrected chi connectivity index (χ1v) is 9.59. The summed E-state index contributed by atoms with van der Waals surface area (Å²) in [5, 5.41) is 9.65. The first kappa shape index (κ1) is 21.8. The highest BCUT2D eigenvalue weighted by atomic mass is 19.4. The van der Waals surface area contributed by atoms with Crippen molar-refractivity contribution < 1.29 is 22.7 Å². The minimum atomic E-state index is -4.53. The van der Waals surface area contributed by atoms with Crippen molar-refractivity contribution in [1.82, 2.24) is 4.90 Å². The maximum atomic E-state index is 13.7. The Labute approximate surface area is 172 Å². The number of primary amides is 1. The third-order valence-electron chi connectivity index (χ3n) is 5.12. The van der Waals surface area contributed by atoms with Crippen molar-refractivity contribution >= 4 is 5.91 Å². The molecular weight excluding hydrogens is 395 g/mol. The van der Waals surface area contributed by atoms with Crippen LogP contribution >= 0.6 is 0 Å². The Kier molecular flexibility index (Phi) is 6.75. The number of halogens is 3. The van der Waals surface area contributed by atoms with Crippen LogP contribution in [0, 0.1) is 11.3 Å². The molecule has 2 aromatic carbocycles. The Morgan fingerprint density at radius 2 is 2.00 bits per heavy atom. The first-order chi connectivity index (χ1) is 14.3. The Hall–Kier alpha value is -2.89. The van der Waals surface area contributed by atoms with Crippen molar-refractivity contribution in [1.29, 1.82) is 5.26 Å². The molecule has 0 aromatic heterocycles. The van der Waals surface area contributed by atoms with E-state index in [1.54, 1.807) is 41.3 Å². The summed E-state index contributed by atoms with van der Waals surface area (Å²) < 4.78 is 46.6. The number of carbonyl (C=O) groups excluding carboxylic acids is 1. The van der Waals surface area contributed by atoms with Crippen LogP contribution in [0.2, 0.25) is 0 Å². The predicted octanol–water partition coefficient (Wildman–Crippen LogP) is 3.38. The lowest BCUT2D eigenvalue weighted by Crippen LogP contribution is -2.44. The molecule has 0 radical (unpaired) electrons. The molecule has 1 amide bonds. The molecule has 158 valence electrons. The molecule has 1 saturated heterocycles. The second-order valence-corrected chi connectivity index (χ2v) is 7.20. The first-order valence-electron chi connectivity index (χ1n) is 9.59. The fourth-order valence-electron chi connectivity index (χ4n) is 3.61. The topological polar surface area (TPSA) is 79.3 Å².